The van der Waals surface area contributed by atoms with Crippen LogP contribution in [0.5, 0.6) is 0 Å². The van der Waals surface area contributed by atoms with Gasteiger partial charge in [0.25, 0.3) is 5.91 Å². The predicted molar refractivity (Wildman–Crippen MR) is 90.9 cm³/mol. The highest BCUT2D eigenvalue weighted by atomic mass is 16.2. The van der Waals surface area contributed by atoms with E-state index < -0.39 is 5.92 Å². The third kappa shape index (κ3) is 2.99. The molecule has 2 aromatic rings. The Morgan fingerprint density at radius 1 is 1.08 bits per heavy atom. The first kappa shape index (κ1) is 15.7. The fourth-order valence-corrected chi connectivity index (χ4v) is 2.79. The van der Waals surface area contributed by atoms with Crippen LogP contribution in [-0.2, 0) is 9.59 Å². The summed E-state index contributed by atoms with van der Waals surface area (Å²) in [5.41, 5.74) is 2.22. The number of hydrogen-bond acceptors (Lipinski definition) is 3. The summed E-state index contributed by atoms with van der Waals surface area (Å²) < 4.78 is 0. The first-order chi connectivity index (χ1) is 11.6. The van der Waals surface area contributed by atoms with Crippen LogP contribution in [-0.4, -0.2) is 24.8 Å². The molecule has 1 atom stereocenters. The summed E-state index contributed by atoms with van der Waals surface area (Å²) in [5.74, 6) is -1.39. The maximum Gasteiger partial charge on any atom is 0.253 e. The molecule has 0 aromatic heterocycles. The van der Waals surface area contributed by atoms with Gasteiger partial charge >= 0.3 is 0 Å². The van der Waals surface area contributed by atoms with Crippen molar-refractivity contribution in [3.8, 4) is 0 Å². The molecule has 1 aliphatic heterocycles. The minimum atomic E-state index is -0.590. The number of amides is 3. The SMILES string of the molecule is CNC(=O)c1ccccc1NC(=O)C1CC(=O)Nc2ccccc21. The number of anilines is 2. The number of fused-ring (bicyclic) bond motifs is 1. The summed E-state index contributed by atoms with van der Waals surface area (Å²) >= 11 is 0. The molecule has 0 fully saturated rings. The van der Waals surface area contributed by atoms with E-state index >= 15 is 0 Å². The second-order valence-electron chi connectivity index (χ2n) is 5.51. The Morgan fingerprint density at radius 3 is 2.58 bits per heavy atom. The molecule has 0 saturated carbocycles. The molecule has 1 heterocycles. The number of nitrogens with one attached hydrogen (secondary N) is 3. The quantitative estimate of drug-likeness (QED) is 0.808. The van der Waals surface area contributed by atoms with Gasteiger partial charge in [0, 0.05) is 19.2 Å². The number of carbonyl (C=O) groups excluding carboxylic acids is 3. The summed E-state index contributed by atoms with van der Waals surface area (Å²) in [4.78, 5) is 36.5. The van der Waals surface area contributed by atoms with Gasteiger partial charge in [-0.25, -0.2) is 0 Å². The molecule has 24 heavy (non-hydrogen) atoms. The third-order valence-corrected chi connectivity index (χ3v) is 3.97. The summed E-state index contributed by atoms with van der Waals surface area (Å²) in [6, 6.07) is 14.0. The van der Waals surface area contributed by atoms with Crippen molar-refractivity contribution in [2.24, 2.45) is 0 Å². The Balaban J connectivity index is 1.89. The van der Waals surface area contributed by atoms with Crippen molar-refractivity contribution in [2.75, 3.05) is 17.7 Å². The Hall–Kier alpha value is -3.15. The van der Waals surface area contributed by atoms with Crippen molar-refractivity contribution in [2.45, 2.75) is 12.3 Å². The zero-order valence-electron chi connectivity index (χ0n) is 13.1. The molecule has 0 saturated heterocycles. The highest BCUT2D eigenvalue weighted by Crippen LogP contribution is 2.33. The van der Waals surface area contributed by atoms with Crippen molar-refractivity contribution < 1.29 is 14.4 Å². The Morgan fingerprint density at radius 2 is 1.79 bits per heavy atom. The molecule has 3 N–H and O–H groups in total. The lowest BCUT2D eigenvalue weighted by molar-refractivity contribution is -0.123. The van der Waals surface area contributed by atoms with Crippen LogP contribution in [0.2, 0.25) is 0 Å². The van der Waals surface area contributed by atoms with E-state index in [4.69, 9.17) is 0 Å². The molecule has 2 aromatic carbocycles. The highest BCUT2D eigenvalue weighted by Gasteiger charge is 2.30. The van der Waals surface area contributed by atoms with Crippen LogP contribution in [0.1, 0.15) is 28.3 Å². The minimum absolute atomic E-state index is 0.0744. The van der Waals surface area contributed by atoms with Crippen LogP contribution >= 0.6 is 0 Å². The summed E-state index contributed by atoms with van der Waals surface area (Å²) in [6.07, 6.45) is 0.0744. The van der Waals surface area contributed by atoms with Gasteiger partial charge in [0.2, 0.25) is 11.8 Å². The molecule has 0 bridgehead atoms. The Kier molecular flexibility index (Phi) is 4.29. The van der Waals surface area contributed by atoms with E-state index in [1.54, 1.807) is 36.4 Å². The third-order valence-electron chi connectivity index (χ3n) is 3.97. The molecule has 1 unspecified atom stereocenters. The standard InChI is InChI=1S/C18H17N3O3/c1-19-17(23)12-7-3-5-9-15(12)21-18(24)13-10-16(22)20-14-8-4-2-6-11(13)14/h2-9,13H,10H2,1H3,(H,19,23)(H,20,22)(H,21,24). The van der Waals surface area contributed by atoms with Gasteiger partial charge in [0.05, 0.1) is 17.2 Å². The minimum Gasteiger partial charge on any atom is -0.355 e. The van der Waals surface area contributed by atoms with E-state index in [0.29, 0.717) is 16.9 Å². The highest BCUT2D eigenvalue weighted by molar-refractivity contribution is 6.08. The van der Waals surface area contributed by atoms with Crippen molar-refractivity contribution in [3.63, 3.8) is 0 Å². The van der Waals surface area contributed by atoms with Crippen molar-refractivity contribution in [1.82, 2.24) is 5.32 Å². The second kappa shape index (κ2) is 6.54. The Labute approximate surface area is 139 Å². The number of carbonyl (C=O) groups is 3. The topological polar surface area (TPSA) is 87.3 Å². The molecule has 3 rings (SSSR count). The van der Waals surface area contributed by atoms with Gasteiger partial charge in [0.15, 0.2) is 0 Å². The van der Waals surface area contributed by atoms with Gasteiger partial charge in [-0.15, -0.1) is 0 Å². The van der Waals surface area contributed by atoms with Crippen molar-refractivity contribution >= 4 is 29.1 Å². The van der Waals surface area contributed by atoms with E-state index in [1.807, 2.05) is 12.1 Å². The number of rotatable bonds is 3. The molecular formula is C18H17N3O3. The van der Waals surface area contributed by atoms with E-state index in [2.05, 4.69) is 16.0 Å². The van der Waals surface area contributed by atoms with Crippen LogP contribution in [0.25, 0.3) is 0 Å². The normalized spacial score (nSPS) is 15.9. The lowest BCUT2D eigenvalue weighted by Crippen LogP contribution is -2.31. The van der Waals surface area contributed by atoms with Gasteiger partial charge in [-0.2, -0.15) is 0 Å². The number of hydrogen-bond donors (Lipinski definition) is 3. The predicted octanol–water partition coefficient (Wildman–Crippen LogP) is 2.11. The lowest BCUT2D eigenvalue weighted by atomic mass is 9.89. The van der Waals surface area contributed by atoms with Crippen molar-refractivity contribution in [1.29, 1.82) is 0 Å². The van der Waals surface area contributed by atoms with Gasteiger partial charge in [-0.05, 0) is 23.8 Å². The van der Waals surface area contributed by atoms with Crippen LogP contribution in [0.3, 0.4) is 0 Å². The van der Waals surface area contributed by atoms with E-state index in [9.17, 15) is 14.4 Å². The molecule has 122 valence electrons. The molecule has 0 radical (unpaired) electrons. The van der Waals surface area contributed by atoms with E-state index in [0.717, 1.165) is 5.56 Å². The molecule has 6 heteroatoms. The van der Waals surface area contributed by atoms with E-state index in [1.165, 1.54) is 7.05 Å². The van der Waals surface area contributed by atoms with Gasteiger partial charge in [-0.3, -0.25) is 14.4 Å². The average Bonchev–Trinajstić information content (AvgIpc) is 2.60. The first-order valence-corrected chi connectivity index (χ1v) is 7.61. The summed E-state index contributed by atoms with van der Waals surface area (Å²) in [7, 11) is 1.53. The lowest BCUT2D eigenvalue weighted by Gasteiger charge is -2.25. The average molecular weight is 323 g/mol. The van der Waals surface area contributed by atoms with Crippen molar-refractivity contribution in [3.05, 3.63) is 59.7 Å². The van der Waals surface area contributed by atoms with Gasteiger partial charge in [-0.1, -0.05) is 30.3 Å². The van der Waals surface area contributed by atoms with Gasteiger partial charge < -0.3 is 16.0 Å². The first-order valence-electron chi connectivity index (χ1n) is 7.61. The van der Waals surface area contributed by atoms with Crippen LogP contribution < -0.4 is 16.0 Å². The van der Waals surface area contributed by atoms with E-state index in [-0.39, 0.29) is 24.1 Å². The number of benzene rings is 2. The largest absolute Gasteiger partial charge is 0.355 e. The molecular weight excluding hydrogens is 306 g/mol. The fourth-order valence-electron chi connectivity index (χ4n) is 2.79. The maximum atomic E-state index is 12.7. The molecule has 1 aliphatic rings. The maximum absolute atomic E-state index is 12.7. The second-order valence-corrected chi connectivity index (χ2v) is 5.51. The zero-order valence-corrected chi connectivity index (χ0v) is 13.1. The molecule has 0 aliphatic carbocycles. The van der Waals surface area contributed by atoms with Crippen LogP contribution in [0.4, 0.5) is 11.4 Å². The van der Waals surface area contributed by atoms with Crippen LogP contribution in [0, 0.1) is 0 Å². The Bertz CT molecular complexity index is 817. The fraction of sp³-hybridized carbons (Fsp3) is 0.167. The van der Waals surface area contributed by atoms with Gasteiger partial charge in [0.1, 0.15) is 0 Å². The number of para-hydroxylation sites is 2. The van der Waals surface area contributed by atoms with Crippen LogP contribution in [0.15, 0.2) is 48.5 Å². The summed E-state index contributed by atoms with van der Waals surface area (Å²) in [5, 5.41) is 8.08. The smallest absolute Gasteiger partial charge is 0.253 e. The molecule has 6 nitrogen and oxygen atoms in total. The monoisotopic (exact) mass is 323 g/mol. The zero-order chi connectivity index (χ0) is 17.1. The summed E-state index contributed by atoms with van der Waals surface area (Å²) in [6.45, 7) is 0. The molecule has 3 amide bonds. The molecule has 0 spiro atoms.